The standard InChI is InChI=1S/C33H4F5N9/c1-43-18-8-16(34)14(7-17(18)35)25-27(21(12-42)45-3)29-30(33(25)46-4)31(37)24-15(9-39)23(13-5-6-22(36)47-19(13)10-40)26(20(11-41)44-2)28(24)32(29)38/h5-8H/b26-20-,27-21+. The molecular formula is C33H4F5N9. The van der Waals surface area contributed by atoms with Gasteiger partial charge in [0.05, 0.1) is 44.0 Å². The highest BCUT2D eigenvalue weighted by atomic mass is 19.1. The van der Waals surface area contributed by atoms with Crippen LogP contribution in [-0.4, -0.2) is 4.98 Å². The minimum atomic E-state index is -1.57. The number of aromatic nitrogens is 1. The Morgan fingerprint density at radius 1 is 0.660 bits per heavy atom. The fourth-order valence-electron chi connectivity index (χ4n) is 5.40. The number of hydrogen-bond acceptors (Lipinski definition) is 5. The van der Waals surface area contributed by atoms with Crippen LogP contribution in [0.1, 0.15) is 39.1 Å². The second-order valence-corrected chi connectivity index (χ2v) is 9.26. The Labute approximate surface area is 261 Å². The Kier molecular flexibility index (Phi) is 7.36. The Morgan fingerprint density at radius 3 is 1.79 bits per heavy atom. The average molecular weight is 621 g/mol. The van der Waals surface area contributed by atoms with Crippen LogP contribution in [0.2, 0.25) is 0 Å². The highest BCUT2D eigenvalue weighted by Gasteiger charge is 2.44. The molecule has 0 saturated carbocycles. The molecule has 0 saturated heterocycles. The molecule has 2 aliphatic carbocycles. The molecule has 0 atom stereocenters. The van der Waals surface area contributed by atoms with Crippen molar-refractivity contribution in [2.45, 2.75) is 0 Å². The molecule has 2 aliphatic rings. The highest BCUT2D eigenvalue weighted by molar-refractivity contribution is 6.29. The lowest BCUT2D eigenvalue weighted by molar-refractivity contribution is 0.582. The van der Waals surface area contributed by atoms with Gasteiger partial charge in [-0.25, -0.2) is 52.4 Å². The maximum Gasteiger partial charge on any atom is 0.270 e. The number of benzene rings is 2. The monoisotopic (exact) mass is 621 g/mol. The van der Waals surface area contributed by atoms with Gasteiger partial charge >= 0.3 is 0 Å². The third kappa shape index (κ3) is 4.18. The van der Waals surface area contributed by atoms with Crippen LogP contribution in [0.5, 0.6) is 0 Å². The molecule has 216 valence electrons. The third-order valence-electron chi connectivity index (χ3n) is 7.15. The summed E-state index contributed by atoms with van der Waals surface area (Å²) in [4.78, 5) is 15.5. The number of allylic oxidation sites excluding steroid dienone is 7. The van der Waals surface area contributed by atoms with Crippen LogP contribution in [0.25, 0.3) is 52.9 Å². The van der Waals surface area contributed by atoms with E-state index in [1.807, 2.05) is 0 Å². The predicted molar refractivity (Wildman–Crippen MR) is 152 cm³/mol. The summed E-state index contributed by atoms with van der Waals surface area (Å²) in [5.74, 6) is -6.90. The lowest BCUT2D eigenvalue weighted by Crippen LogP contribution is -2.05. The lowest BCUT2D eigenvalue weighted by Gasteiger charge is -2.16. The molecule has 0 unspecified atom stereocenters. The summed E-state index contributed by atoms with van der Waals surface area (Å²) < 4.78 is 78.1. The maximum atomic E-state index is 17.1. The molecule has 0 bridgehead atoms. The molecule has 0 N–H and O–H groups in total. The van der Waals surface area contributed by atoms with E-state index in [1.54, 1.807) is 12.1 Å². The topological polar surface area (TPSA) is 125 Å². The zero-order valence-electron chi connectivity index (χ0n) is 22.7. The second kappa shape index (κ2) is 11.3. The summed E-state index contributed by atoms with van der Waals surface area (Å²) in [5.41, 5.74) is -12.9. The van der Waals surface area contributed by atoms with Crippen molar-refractivity contribution in [3.05, 3.63) is 150 Å². The summed E-state index contributed by atoms with van der Waals surface area (Å²) >= 11 is 0. The van der Waals surface area contributed by atoms with Gasteiger partial charge in [0.1, 0.15) is 35.4 Å². The van der Waals surface area contributed by atoms with Gasteiger partial charge in [-0.15, -0.1) is 0 Å². The van der Waals surface area contributed by atoms with Crippen molar-refractivity contribution in [1.82, 2.24) is 4.98 Å². The van der Waals surface area contributed by atoms with E-state index in [4.69, 9.17) is 26.3 Å². The van der Waals surface area contributed by atoms with Gasteiger partial charge in [-0.05, 0) is 35.4 Å². The number of hydrogen-bond donors (Lipinski definition) is 0. The number of pyridine rings is 1. The molecule has 3 aromatic rings. The van der Waals surface area contributed by atoms with Crippen LogP contribution < -0.4 is 0 Å². The molecule has 47 heavy (non-hydrogen) atoms. The van der Waals surface area contributed by atoms with Gasteiger partial charge in [0.15, 0.2) is 5.69 Å². The van der Waals surface area contributed by atoms with Gasteiger partial charge < -0.3 is 0 Å². The molecule has 0 fully saturated rings. The van der Waals surface area contributed by atoms with Crippen molar-refractivity contribution in [1.29, 1.82) is 21.0 Å². The summed E-state index contributed by atoms with van der Waals surface area (Å²) in [6.45, 7) is 29.9. The molecule has 0 amide bonds. The number of rotatable bonds is 2. The predicted octanol–water partition coefficient (Wildman–Crippen LogP) is 7.76. The van der Waals surface area contributed by atoms with Gasteiger partial charge in [-0.2, -0.15) is 14.9 Å². The van der Waals surface area contributed by atoms with E-state index in [1.165, 1.54) is 12.1 Å². The van der Waals surface area contributed by atoms with Crippen molar-refractivity contribution in [3.8, 4) is 24.3 Å². The second-order valence-electron chi connectivity index (χ2n) is 9.26. The van der Waals surface area contributed by atoms with Crippen LogP contribution in [-0.2, 0) is 0 Å². The molecule has 1 aromatic heterocycles. The number of fused-ring (bicyclic) bond motifs is 2. The van der Waals surface area contributed by atoms with Crippen LogP contribution >= 0.6 is 0 Å². The summed E-state index contributed by atoms with van der Waals surface area (Å²) in [6.07, 6.45) is 0. The van der Waals surface area contributed by atoms with E-state index in [0.29, 0.717) is 12.1 Å². The molecule has 0 aliphatic heterocycles. The largest absolute Gasteiger partial charge is 0.270 e. The first-order valence-corrected chi connectivity index (χ1v) is 12.4. The molecule has 9 nitrogen and oxygen atoms in total. The Bertz CT molecular complexity index is 2520. The summed E-state index contributed by atoms with van der Waals surface area (Å²) in [5, 5.41) is 39.5. The van der Waals surface area contributed by atoms with Crippen molar-refractivity contribution >= 4 is 39.2 Å². The van der Waals surface area contributed by atoms with E-state index in [9.17, 15) is 29.8 Å². The number of nitrogens with zero attached hydrogens (tertiary/aromatic N) is 9. The first kappa shape index (κ1) is 30.6. The molecular weight excluding hydrogens is 617 g/mol. The third-order valence-corrected chi connectivity index (χ3v) is 7.15. The van der Waals surface area contributed by atoms with Gasteiger partial charge in [-0.3, -0.25) is 0 Å². The zero-order valence-corrected chi connectivity index (χ0v) is 22.7. The average Bonchev–Trinajstić information content (AvgIpc) is 3.60. The minimum absolute atomic E-state index is 0.388. The van der Waals surface area contributed by atoms with Crippen molar-refractivity contribution < 1.29 is 22.0 Å². The molecule has 5 rings (SSSR count). The van der Waals surface area contributed by atoms with E-state index < -0.39 is 113 Å². The quantitative estimate of drug-likeness (QED) is 0.125. The van der Waals surface area contributed by atoms with Gasteiger partial charge in [0, 0.05) is 44.5 Å². The molecule has 14 heteroatoms. The normalized spacial score (nSPS) is 14.7. The van der Waals surface area contributed by atoms with Gasteiger partial charge in [0.25, 0.3) is 11.4 Å². The first-order chi connectivity index (χ1) is 22.6. The van der Waals surface area contributed by atoms with Crippen molar-refractivity contribution in [2.24, 2.45) is 0 Å². The zero-order chi connectivity index (χ0) is 34.3. The van der Waals surface area contributed by atoms with Crippen molar-refractivity contribution in [2.75, 3.05) is 0 Å². The smallest absolute Gasteiger partial charge is 0.237 e. The van der Waals surface area contributed by atoms with Crippen LogP contribution in [0.4, 0.5) is 27.6 Å². The SMILES string of the molecule is [C-]#[N+]C1=C(c2cc(F)c([N+]#[C-])cc2F)/C(=C(/C#N)[N+]#[C-])c2c(F)c3c(c(F)c21)C(C#N)=C(c1ccc(F)nc1C#N)/C3=C(\C#N)[N+]#[C-]. The Balaban J connectivity index is 2.07. The van der Waals surface area contributed by atoms with E-state index in [0.717, 1.165) is 12.1 Å². The van der Waals surface area contributed by atoms with E-state index in [-0.39, 0.29) is 5.56 Å². The van der Waals surface area contributed by atoms with E-state index >= 15 is 13.2 Å². The van der Waals surface area contributed by atoms with Crippen LogP contribution in [0, 0.1) is 101 Å². The summed E-state index contributed by atoms with van der Waals surface area (Å²) in [7, 11) is 0. The van der Waals surface area contributed by atoms with Gasteiger partial charge in [0.2, 0.25) is 17.3 Å². The van der Waals surface area contributed by atoms with E-state index in [2.05, 4.69) is 24.4 Å². The maximum absolute atomic E-state index is 17.1. The number of halogens is 5. The van der Waals surface area contributed by atoms with Gasteiger partial charge in [-0.1, -0.05) is 0 Å². The molecule has 1 heterocycles. The highest BCUT2D eigenvalue weighted by Crippen LogP contribution is 2.58. The minimum Gasteiger partial charge on any atom is -0.237 e. The number of nitriles is 4. The Morgan fingerprint density at radius 2 is 1.26 bits per heavy atom. The van der Waals surface area contributed by atoms with Crippen LogP contribution in [0.3, 0.4) is 0 Å². The van der Waals surface area contributed by atoms with Crippen LogP contribution in [0.15, 0.2) is 35.7 Å². The molecule has 0 spiro atoms. The fourth-order valence-corrected chi connectivity index (χ4v) is 5.40. The Hall–Kier alpha value is -7.88. The van der Waals surface area contributed by atoms with Crippen molar-refractivity contribution in [3.63, 3.8) is 0 Å². The summed E-state index contributed by atoms with van der Waals surface area (Å²) in [6, 6.07) is 8.78. The fraction of sp³-hybridized carbons (Fsp3) is 0. The molecule has 0 radical (unpaired) electrons. The lowest BCUT2D eigenvalue weighted by atomic mass is 9.89. The molecule has 2 aromatic carbocycles. The first-order valence-electron chi connectivity index (χ1n) is 12.4.